The highest BCUT2D eigenvalue weighted by Gasteiger charge is 2.66. The second kappa shape index (κ2) is 11.2. The fraction of sp³-hybridized carbons (Fsp3) is 0.909. The predicted molar refractivity (Wildman–Crippen MR) is 155 cm³/mol. The van der Waals surface area contributed by atoms with E-state index in [-0.39, 0.29) is 17.6 Å². The highest BCUT2D eigenvalue weighted by atomic mass is 16.5. The van der Waals surface area contributed by atoms with Crippen LogP contribution in [0.3, 0.4) is 0 Å². The van der Waals surface area contributed by atoms with Crippen molar-refractivity contribution in [3.63, 3.8) is 0 Å². The highest BCUT2D eigenvalue weighted by molar-refractivity contribution is 5.18. The quantitative estimate of drug-likeness (QED) is 0.299. The molecule has 4 fully saturated rings. The average Bonchev–Trinajstić information content (AvgIpc) is 3.53. The lowest BCUT2D eigenvalue weighted by atomic mass is 9.42. The van der Waals surface area contributed by atoms with Crippen molar-refractivity contribution in [1.29, 1.82) is 0 Å². The van der Waals surface area contributed by atoms with Gasteiger partial charge in [-0.2, -0.15) is 0 Å². The molecule has 1 aromatic heterocycles. The molecule has 5 heteroatoms. The van der Waals surface area contributed by atoms with E-state index in [9.17, 15) is 5.11 Å². The van der Waals surface area contributed by atoms with Crippen LogP contribution in [0.15, 0.2) is 12.5 Å². The maximum Gasteiger partial charge on any atom is 0.113 e. The van der Waals surface area contributed by atoms with Gasteiger partial charge in [-0.1, -0.05) is 66.7 Å². The van der Waals surface area contributed by atoms with Crippen LogP contribution >= 0.6 is 0 Å². The number of H-pyrrole nitrogens is 1. The molecular formula is C33H57N3O2. The Balaban J connectivity index is 1.36. The van der Waals surface area contributed by atoms with Gasteiger partial charge >= 0.3 is 0 Å². The largest absolute Gasteiger partial charge is 0.388 e. The molecule has 1 heterocycles. The van der Waals surface area contributed by atoms with Crippen LogP contribution in [0, 0.1) is 46.3 Å². The predicted octanol–water partition coefficient (Wildman–Crippen LogP) is 7.29. The summed E-state index contributed by atoms with van der Waals surface area (Å²) in [4.78, 5) is 7.52. The Morgan fingerprint density at radius 3 is 2.58 bits per heavy atom. The number of aromatic amines is 1. The zero-order valence-corrected chi connectivity index (χ0v) is 25.3. The van der Waals surface area contributed by atoms with E-state index in [4.69, 9.17) is 4.74 Å². The van der Waals surface area contributed by atoms with Crippen molar-refractivity contribution in [1.82, 2.24) is 15.3 Å². The minimum absolute atomic E-state index is 0.00301. The fourth-order valence-corrected chi connectivity index (χ4v) is 10.6. The number of nitrogens with one attached hydrogen (secondary N) is 2. The third-order valence-electron chi connectivity index (χ3n) is 12.7. The Morgan fingerprint density at radius 2 is 1.87 bits per heavy atom. The molecule has 10 atom stereocenters. The van der Waals surface area contributed by atoms with Crippen molar-refractivity contribution in [3.8, 4) is 0 Å². The molecule has 4 aliphatic rings. The van der Waals surface area contributed by atoms with Crippen LogP contribution < -0.4 is 5.32 Å². The number of hydrogen-bond acceptors (Lipinski definition) is 4. The molecule has 5 nitrogen and oxygen atoms in total. The minimum Gasteiger partial charge on any atom is -0.388 e. The summed E-state index contributed by atoms with van der Waals surface area (Å²) in [5, 5.41) is 16.4. The van der Waals surface area contributed by atoms with E-state index in [0.29, 0.717) is 23.8 Å². The fourth-order valence-electron chi connectivity index (χ4n) is 10.6. The summed E-state index contributed by atoms with van der Waals surface area (Å²) < 4.78 is 5.83. The number of imidazole rings is 1. The molecule has 38 heavy (non-hydrogen) atoms. The van der Waals surface area contributed by atoms with Crippen molar-refractivity contribution in [3.05, 3.63) is 18.2 Å². The normalized spacial score (nSPS) is 42.4. The lowest BCUT2D eigenvalue weighted by molar-refractivity contribution is -0.220. The van der Waals surface area contributed by atoms with Crippen LogP contribution in [-0.4, -0.2) is 40.4 Å². The molecule has 0 amide bonds. The first-order valence-electron chi connectivity index (χ1n) is 16.1. The van der Waals surface area contributed by atoms with Gasteiger partial charge in [0.05, 0.1) is 17.6 Å². The number of nitrogens with zero attached hydrogens (tertiary/aromatic N) is 1. The van der Waals surface area contributed by atoms with E-state index in [1.165, 1.54) is 57.8 Å². The first kappa shape index (κ1) is 28.6. The third-order valence-corrected chi connectivity index (χ3v) is 12.7. The van der Waals surface area contributed by atoms with E-state index in [0.717, 1.165) is 48.6 Å². The van der Waals surface area contributed by atoms with Gasteiger partial charge in [-0.05, 0) is 85.9 Å². The van der Waals surface area contributed by atoms with Gasteiger partial charge in [0.1, 0.15) is 6.10 Å². The number of aliphatic hydroxyl groups is 1. The monoisotopic (exact) mass is 527 g/mol. The Labute approximate surface area is 232 Å². The molecule has 1 aromatic rings. The molecule has 0 spiro atoms. The molecule has 1 unspecified atom stereocenters. The van der Waals surface area contributed by atoms with Gasteiger partial charge in [-0.25, -0.2) is 4.98 Å². The summed E-state index contributed by atoms with van der Waals surface area (Å²) >= 11 is 0. The smallest absolute Gasteiger partial charge is 0.113 e. The molecule has 0 aromatic carbocycles. The standard InChI is InChI=1S/C33H57N3O2/c1-22(2)10-9-11-23(3)25-12-13-26-24-18-30(35-20-29(38-6)28-19-34-21-36-28)33(37)16-8-7-15-32(33,5)27(24)14-17-31(25,26)4/h19,21-27,29-30,35,37H,7-18,20H2,1-6H3,(H,34,36)/t23-,24+,25-,26+,27+,29?,30-,31-,32-,33+/m1/s1. The van der Waals surface area contributed by atoms with Gasteiger partial charge in [0.2, 0.25) is 0 Å². The maximum absolute atomic E-state index is 12.5. The third kappa shape index (κ3) is 4.81. The average molecular weight is 528 g/mol. The van der Waals surface area contributed by atoms with Gasteiger partial charge in [0.15, 0.2) is 0 Å². The van der Waals surface area contributed by atoms with Crippen LogP contribution in [0.2, 0.25) is 0 Å². The van der Waals surface area contributed by atoms with E-state index in [2.05, 4.69) is 49.9 Å². The highest BCUT2D eigenvalue weighted by Crippen LogP contribution is 2.69. The van der Waals surface area contributed by atoms with Crippen molar-refractivity contribution in [2.45, 2.75) is 129 Å². The molecular weight excluding hydrogens is 470 g/mol. The molecule has 0 bridgehead atoms. The van der Waals surface area contributed by atoms with Crippen LogP contribution in [0.25, 0.3) is 0 Å². The number of methoxy groups -OCH3 is 1. The summed E-state index contributed by atoms with van der Waals surface area (Å²) in [6.45, 7) is 13.1. The lowest BCUT2D eigenvalue weighted by Gasteiger charge is -2.66. The molecule has 216 valence electrons. The topological polar surface area (TPSA) is 70.2 Å². The summed E-state index contributed by atoms with van der Waals surface area (Å²) in [5.41, 5.74) is 0.769. The van der Waals surface area contributed by atoms with Crippen molar-refractivity contribution < 1.29 is 9.84 Å². The number of fused-ring (bicyclic) bond motifs is 5. The summed E-state index contributed by atoms with van der Waals surface area (Å²) in [7, 11) is 1.77. The lowest BCUT2D eigenvalue weighted by Crippen LogP contribution is -2.70. The number of aromatic nitrogens is 2. The SMILES string of the molecule is COC(CN[C@@H]1C[C@H]2[C@@H]3CC[C@H]([C@H](C)CCCC(C)C)[C@@]3(C)CC[C@@H]2[C@@]2(C)CCCC[C@]12O)c1c[nH]cn1. The van der Waals surface area contributed by atoms with Crippen molar-refractivity contribution in [2.24, 2.45) is 46.3 Å². The van der Waals surface area contributed by atoms with E-state index in [1.54, 1.807) is 13.4 Å². The first-order valence-corrected chi connectivity index (χ1v) is 16.1. The van der Waals surface area contributed by atoms with Gasteiger partial charge in [-0.3, -0.25) is 0 Å². The van der Waals surface area contributed by atoms with Gasteiger partial charge in [-0.15, -0.1) is 0 Å². The van der Waals surface area contributed by atoms with E-state index in [1.807, 2.05) is 6.20 Å². The van der Waals surface area contributed by atoms with Crippen LogP contribution in [0.1, 0.15) is 123 Å². The summed E-state index contributed by atoms with van der Waals surface area (Å²) in [6.07, 6.45) is 18.8. The van der Waals surface area contributed by atoms with Crippen LogP contribution in [0.5, 0.6) is 0 Å². The van der Waals surface area contributed by atoms with Crippen LogP contribution in [0.4, 0.5) is 0 Å². The Morgan fingerprint density at radius 1 is 1.08 bits per heavy atom. The molecule has 3 N–H and O–H groups in total. The number of hydrogen-bond donors (Lipinski definition) is 3. The second-order valence-corrected chi connectivity index (χ2v) is 14.9. The first-order chi connectivity index (χ1) is 18.1. The maximum atomic E-state index is 12.5. The zero-order valence-electron chi connectivity index (χ0n) is 25.3. The van der Waals surface area contributed by atoms with Gasteiger partial charge < -0.3 is 20.1 Å². The van der Waals surface area contributed by atoms with Crippen LogP contribution in [-0.2, 0) is 4.74 Å². The van der Waals surface area contributed by atoms with E-state index >= 15 is 0 Å². The molecule has 5 rings (SSSR count). The van der Waals surface area contributed by atoms with E-state index < -0.39 is 5.60 Å². The minimum atomic E-state index is -0.633. The molecule has 4 aliphatic carbocycles. The molecule has 0 aliphatic heterocycles. The Hall–Kier alpha value is -0.910. The Kier molecular flexibility index (Phi) is 8.41. The molecule has 0 radical (unpaired) electrons. The Bertz CT molecular complexity index is 904. The molecule has 0 saturated heterocycles. The van der Waals surface area contributed by atoms with Crippen molar-refractivity contribution >= 4 is 0 Å². The van der Waals surface area contributed by atoms with Gasteiger partial charge in [0.25, 0.3) is 0 Å². The second-order valence-electron chi connectivity index (χ2n) is 14.9. The number of rotatable bonds is 10. The number of ether oxygens (including phenoxy) is 1. The summed E-state index contributed by atoms with van der Waals surface area (Å²) in [5.74, 6) is 4.69. The zero-order chi connectivity index (χ0) is 27.1. The van der Waals surface area contributed by atoms with Crippen molar-refractivity contribution in [2.75, 3.05) is 13.7 Å². The summed E-state index contributed by atoms with van der Waals surface area (Å²) in [6, 6.07) is 0.121. The van der Waals surface area contributed by atoms with Gasteiger partial charge in [0, 0.05) is 31.3 Å². The molecule has 4 saturated carbocycles.